The fourth-order valence-electron chi connectivity index (χ4n) is 2.06. The van der Waals surface area contributed by atoms with Gasteiger partial charge in [0.05, 0.1) is 5.25 Å². The first kappa shape index (κ1) is 17.0. The molecule has 3 rings (SSSR count). The molecule has 0 spiro atoms. The first-order chi connectivity index (χ1) is 12.0. The number of nitrogens with one attached hydrogen (secondary N) is 1. The van der Waals surface area contributed by atoms with E-state index in [9.17, 15) is 9.90 Å². The normalized spacial score (nSPS) is 11.9. The van der Waals surface area contributed by atoms with E-state index in [1.54, 1.807) is 31.2 Å². The number of hydrogen-bond donors (Lipinski definition) is 2. The molecule has 0 saturated carbocycles. The van der Waals surface area contributed by atoms with E-state index >= 15 is 0 Å². The van der Waals surface area contributed by atoms with E-state index in [1.165, 1.54) is 11.8 Å². The van der Waals surface area contributed by atoms with Gasteiger partial charge in [0.25, 0.3) is 5.22 Å². The van der Waals surface area contributed by atoms with E-state index in [0.29, 0.717) is 16.7 Å². The number of anilines is 1. The van der Waals surface area contributed by atoms with E-state index in [0.717, 1.165) is 11.3 Å². The van der Waals surface area contributed by atoms with Crippen LogP contribution in [0.1, 0.15) is 12.5 Å². The van der Waals surface area contributed by atoms with Crippen molar-refractivity contribution in [2.24, 2.45) is 0 Å². The standard InChI is InChI=1S/C18H17N3O3S/c1-11-3-7-14(8-4-11)19-16(23)12(2)25-18-21-20-17(24-18)13-5-9-15(22)10-6-13/h3-10,12,22H,1-2H3,(H,19,23)/t12-/m1/s1. The van der Waals surface area contributed by atoms with Crippen LogP contribution in [0.5, 0.6) is 5.75 Å². The molecule has 2 N–H and O–H groups in total. The van der Waals surface area contributed by atoms with Gasteiger partial charge in [0.15, 0.2) is 0 Å². The largest absolute Gasteiger partial charge is 0.508 e. The number of rotatable bonds is 5. The number of aromatic nitrogens is 2. The molecule has 1 amide bonds. The van der Waals surface area contributed by atoms with Crippen LogP contribution in [-0.4, -0.2) is 26.5 Å². The summed E-state index contributed by atoms with van der Waals surface area (Å²) in [5.41, 5.74) is 2.58. The summed E-state index contributed by atoms with van der Waals surface area (Å²) in [6, 6.07) is 14.1. The maximum absolute atomic E-state index is 12.3. The van der Waals surface area contributed by atoms with Crippen LogP contribution in [0, 0.1) is 6.92 Å². The highest BCUT2D eigenvalue weighted by molar-refractivity contribution is 8.00. The fraction of sp³-hybridized carbons (Fsp3) is 0.167. The van der Waals surface area contributed by atoms with Crippen molar-refractivity contribution in [2.75, 3.05) is 5.32 Å². The zero-order valence-electron chi connectivity index (χ0n) is 13.8. The molecule has 25 heavy (non-hydrogen) atoms. The Bertz CT molecular complexity index is 860. The number of phenols is 1. The summed E-state index contributed by atoms with van der Waals surface area (Å²) in [4.78, 5) is 12.3. The lowest BCUT2D eigenvalue weighted by molar-refractivity contribution is -0.115. The average Bonchev–Trinajstić information content (AvgIpc) is 3.06. The van der Waals surface area contributed by atoms with Crippen molar-refractivity contribution >= 4 is 23.4 Å². The molecular formula is C18H17N3O3S. The summed E-state index contributed by atoms with van der Waals surface area (Å²) < 4.78 is 5.58. The van der Waals surface area contributed by atoms with E-state index < -0.39 is 5.25 Å². The third kappa shape index (κ3) is 4.39. The van der Waals surface area contributed by atoms with Crippen LogP contribution in [0.2, 0.25) is 0 Å². The summed E-state index contributed by atoms with van der Waals surface area (Å²) in [6.45, 7) is 3.77. The van der Waals surface area contributed by atoms with Gasteiger partial charge in [-0.2, -0.15) is 0 Å². The molecule has 0 fully saturated rings. The molecule has 0 aliphatic carbocycles. The summed E-state index contributed by atoms with van der Waals surface area (Å²) in [6.07, 6.45) is 0. The molecular weight excluding hydrogens is 338 g/mol. The number of phenolic OH excluding ortho intramolecular Hbond substituents is 1. The Kier molecular flexibility index (Phi) is 5.04. The number of carbonyl (C=O) groups is 1. The molecule has 2 aromatic carbocycles. The zero-order chi connectivity index (χ0) is 17.8. The molecule has 0 radical (unpaired) electrons. The zero-order valence-corrected chi connectivity index (χ0v) is 14.6. The number of nitrogens with zero attached hydrogens (tertiary/aromatic N) is 2. The van der Waals surface area contributed by atoms with Crippen LogP contribution in [-0.2, 0) is 4.79 Å². The number of aromatic hydroxyl groups is 1. The van der Waals surface area contributed by atoms with Crippen molar-refractivity contribution in [3.63, 3.8) is 0 Å². The predicted molar refractivity (Wildman–Crippen MR) is 96.5 cm³/mol. The van der Waals surface area contributed by atoms with Gasteiger partial charge in [-0.25, -0.2) is 0 Å². The van der Waals surface area contributed by atoms with Crippen molar-refractivity contribution < 1.29 is 14.3 Å². The van der Waals surface area contributed by atoms with Crippen molar-refractivity contribution in [3.8, 4) is 17.2 Å². The second-order valence-electron chi connectivity index (χ2n) is 5.54. The highest BCUT2D eigenvalue weighted by Crippen LogP contribution is 2.27. The molecule has 128 valence electrons. The van der Waals surface area contributed by atoms with Crippen LogP contribution in [0.25, 0.3) is 11.5 Å². The molecule has 3 aromatic rings. The number of hydrogen-bond acceptors (Lipinski definition) is 6. The van der Waals surface area contributed by atoms with Crippen LogP contribution in [0.15, 0.2) is 58.2 Å². The Labute approximate surface area is 149 Å². The summed E-state index contributed by atoms with van der Waals surface area (Å²) in [5.74, 6) is 0.367. The summed E-state index contributed by atoms with van der Waals surface area (Å²) >= 11 is 1.19. The molecule has 1 aromatic heterocycles. The third-order valence-corrected chi connectivity index (χ3v) is 4.42. The molecule has 0 aliphatic rings. The maximum atomic E-state index is 12.3. The van der Waals surface area contributed by atoms with Crippen molar-refractivity contribution in [1.29, 1.82) is 0 Å². The topological polar surface area (TPSA) is 88.2 Å². The number of carbonyl (C=O) groups excluding carboxylic acids is 1. The number of amides is 1. The van der Waals surface area contributed by atoms with Crippen LogP contribution >= 0.6 is 11.8 Å². The monoisotopic (exact) mass is 355 g/mol. The van der Waals surface area contributed by atoms with Gasteiger partial charge in [-0.15, -0.1) is 10.2 Å². The highest BCUT2D eigenvalue weighted by Gasteiger charge is 2.19. The Morgan fingerprint density at radius 1 is 1.12 bits per heavy atom. The Balaban J connectivity index is 1.62. The maximum Gasteiger partial charge on any atom is 0.277 e. The Morgan fingerprint density at radius 2 is 1.80 bits per heavy atom. The number of aryl methyl sites for hydroxylation is 1. The van der Waals surface area contributed by atoms with E-state index in [2.05, 4.69) is 15.5 Å². The van der Waals surface area contributed by atoms with E-state index in [1.807, 2.05) is 31.2 Å². The first-order valence-electron chi connectivity index (χ1n) is 7.68. The van der Waals surface area contributed by atoms with Gasteiger partial charge in [-0.05, 0) is 50.2 Å². The molecule has 0 saturated heterocycles. The summed E-state index contributed by atoms with van der Waals surface area (Å²) in [7, 11) is 0. The van der Waals surface area contributed by atoms with Gasteiger partial charge in [0.1, 0.15) is 5.75 Å². The van der Waals surface area contributed by atoms with Gasteiger partial charge in [0.2, 0.25) is 11.8 Å². The van der Waals surface area contributed by atoms with Crippen LogP contribution in [0.4, 0.5) is 5.69 Å². The quantitative estimate of drug-likeness (QED) is 0.676. The Morgan fingerprint density at radius 3 is 2.48 bits per heavy atom. The fourth-order valence-corrected chi connectivity index (χ4v) is 2.75. The first-order valence-corrected chi connectivity index (χ1v) is 8.56. The Hall–Kier alpha value is -2.80. The second kappa shape index (κ2) is 7.40. The van der Waals surface area contributed by atoms with Crippen molar-refractivity contribution in [2.45, 2.75) is 24.3 Å². The average molecular weight is 355 g/mol. The molecule has 7 heteroatoms. The molecule has 0 bridgehead atoms. The molecule has 1 heterocycles. The van der Waals surface area contributed by atoms with Crippen LogP contribution in [0.3, 0.4) is 0 Å². The third-order valence-electron chi connectivity index (χ3n) is 3.49. The number of benzene rings is 2. The minimum atomic E-state index is -0.394. The molecule has 1 atom stereocenters. The van der Waals surface area contributed by atoms with Gasteiger partial charge in [-0.3, -0.25) is 4.79 Å². The number of thioether (sulfide) groups is 1. The lowest BCUT2D eigenvalue weighted by Crippen LogP contribution is -2.22. The molecule has 6 nitrogen and oxygen atoms in total. The lowest BCUT2D eigenvalue weighted by Gasteiger charge is -2.10. The van der Waals surface area contributed by atoms with E-state index in [4.69, 9.17) is 4.42 Å². The highest BCUT2D eigenvalue weighted by atomic mass is 32.2. The minimum absolute atomic E-state index is 0.141. The molecule has 0 unspecified atom stereocenters. The second-order valence-corrected chi connectivity index (χ2v) is 6.83. The van der Waals surface area contributed by atoms with Crippen molar-refractivity contribution in [1.82, 2.24) is 10.2 Å². The van der Waals surface area contributed by atoms with Gasteiger partial charge < -0.3 is 14.8 Å². The van der Waals surface area contributed by atoms with E-state index in [-0.39, 0.29) is 11.7 Å². The summed E-state index contributed by atoms with van der Waals surface area (Å²) in [5, 5.41) is 20.0. The van der Waals surface area contributed by atoms with Gasteiger partial charge >= 0.3 is 0 Å². The SMILES string of the molecule is Cc1ccc(NC(=O)[C@@H](C)Sc2nnc(-c3ccc(O)cc3)o2)cc1. The van der Waals surface area contributed by atoms with Crippen LogP contribution < -0.4 is 5.32 Å². The molecule has 0 aliphatic heterocycles. The minimum Gasteiger partial charge on any atom is -0.508 e. The van der Waals surface area contributed by atoms with Crippen molar-refractivity contribution in [3.05, 3.63) is 54.1 Å². The lowest BCUT2D eigenvalue weighted by atomic mass is 10.2. The van der Waals surface area contributed by atoms with Gasteiger partial charge in [0, 0.05) is 11.3 Å². The predicted octanol–water partition coefficient (Wildman–Crippen LogP) is 3.87. The van der Waals surface area contributed by atoms with Gasteiger partial charge in [-0.1, -0.05) is 29.5 Å². The smallest absolute Gasteiger partial charge is 0.277 e.